The number of H-pyrrole nitrogens is 1. The Bertz CT molecular complexity index is 1800. The third-order valence-corrected chi connectivity index (χ3v) is 8.52. The lowest BCUT2D eigenvalue weighted by Crippen LogP contribution is -2.44. The fraction of sp³-hybridized carbons (Fsp3) is 0.345. The number of fused-ring (bicyclic) bond motifs is 2. The van der Waals surface area contributed by atoms with Gasteiger partial charge in [0.25, 0.3) is 0 Å². The van der Waals surface area contributed by atoms with Crippen LogP contribution in [0, 0.1) is 0 Å². The average molecular weight is 645 g/mol. The number of anilines is 1. The van der Waals surface area contributed by atoms with E-state index in [9.17, 15) is 9.59 Å². The van der Waals surface area contributed by atoms with E-state index in [2.05, 4.69) is 25.2 Å². The topological polar surface area (TPSA) is 117 Å². The predicted octanol–water partition coefficient (Wildman–Crippen LogP) is 3.91. The molecule has 0 spiro atoms. The van der Waals surface area contributed by atoms with E-state index in [1.165, 1.54) is 0 Å². The first-order valence-corrected chi connectivity index (χ1v) is 14.3. The summed E-state index contributed by atoms with van der Waals surface area (Å²) in [5.41, 5.74) is 3.74. The fourth-order valence-corrected chi connectivity index (χ4v) is 6.41. The van der Waals surface area contributed by atoms with Gasteiger partial charge in [-0.1, -0.05) is 29.8 Å². The van der Waals surface area contributed by atoms with E-state index in [1.807, 2.05) is 52.1 Å². The van der Waals surface area contributed by atoms with Gasteiger partial charge in [0, 0.05) is 73.9 Å². The van der Waals surface area contributed by atoms with Crippen molar-refractivity contribution in [3.63, 3.8) is 0 Å². The van der Waals surface area contributed by atoms with Gasteiger partial charge in [-0.2, -0.15) is 0 Å². The molecule has 0 unspecified atom stereocenters. The molecule has 11 nitrogen and oxygen atoms in total. The van der Waals surface area contributed by atoms with Crippen molar-refractivity contribution in [3.8, 4) is 11.1 Å². The van der Waals surface area contributed by atoms with Gasteiger partial charge in [0.15, 0.2) is 5.65 Å². The van der Waals surface area contributed by atoms with E-state index < -0.39 is 0 Å². The minimum atomic E-state index is -0.158. The SMILES string of the molecule is Cl.Cl.O=C(Cn1cc(-c2ccccc2Cl)c2c(N3CCNCC3)ncnc21)N1CCC(n2c(=O)[nH]c3ncccc32)CC1. The van der Waals surface area contributed by atoms with Crippen molar-refractivity contribution in [3.05, 3.63) is 70.6 Å². The highest BCUT2D eigenvalue weighted by molar-refractivity contribution is 6.33. The summed E-state index contributed by atoms with van der Waals surface area (Å²) in [4.78, 5) is 46.9. The van der Waals surface area contributed by atoms with Crippen molar-refractivity contribution in [1.29, 1.82) is 0 Å². The summed E-state index contributed by atoms with van der Waals surface area (Å²) < 4.78 is 3.71. The van der Waals surface area contributed by atoms with Crippen molar-refractivity contribution < 1.29 is 4.79 Å². The molecule has 0 saturated carbocycles. The number of imidazole rings is 1. The summed E-state index contributed by atoms with van der Waals surface area (Å²) in [5.74, 6) is 0.874. The van der Waals surface area contributed by atoms with Gasteiger partial charge in [-0.25, -0.2) is 19.7 Å². The highest BCUT2D eigenvalue weighted by Crippen LogP contribution is 2.38. The number of piperidine rings is 1. The molecular weight excluding hydrogens is 613 g/mol. The molecule has 14 heteroatoms. The maximum Gasteiger partial charge on any atom is 0.327 e. The van der Waals surface area contributed by atoms with E-state index in [1.54, 1.807) is 17.1 Å². The second-order valence-electron chi connectivity index (χ2n) is 10.6. The highest BCUT2D eigenvalue weighted by Gasteiger charge is 2.28. The number of benzene rings is 1. The number of amides is 1. The summed E-state index contributed by atoms with van der Waals surface area (Å²) >= 11 is 6.66. The molecule has 6 heterocycles. The summed E-state index contributed by atoms with van der Waals surface area (Å²) in [6.07, 6.45) is 6.62. The van der Waals surface area contributed by atoms with Crippen molar-refractivity contribution in [2.45, 2.75) is 25.4 Å². The van der Waals surface area contributed by atoms with Crippen molar-refractivity contribution in [2.24, 2.45) is 0 Å². The minimum absolute atomic E-state index is 0. The van der Waals surface area contributed by atoms with Crippen LogP contribution in [0.1, 0.15) is 18.9 Å². The Morgan fingerprint density at radius 2 is 1.72 bits per heavy atom. The zero-order chi connectivity index (χ0) is 27.9. The lowest BCUT2D eigenvalue weighted by atomic mass is 10.0. The van der Waals surface area contributed by atoms with Crippen LogP contribution in [0.5, 0.6) is 0 Å². The number of piperazine rings is 1. The number of likely N-dealkylation sites (tertiary alicyclic amines) is 1. The van der Waals surface area contributed by atoms with Crippen LogP contribution in [0.4, 0.5) is 5.82 Å². The summed E-state index contributed by atoms with van der Waals surface area (Å²) in [5, 5.41) is 4.93. The average Bonchev–Trinajstić information content (AvgIpc) is 3.54. The van der Waals surface area contributed by atoms with Crippen LogP contribution in [0.15, 0.2) is 59.9 Å². The van der Waals surface area contributed by atoms with Gasteiger partial charge < -0.3 is 19.7 Å². The van der Waals surface area contributed by atoms with Gasteiger partial charge in [0.2, 0.25) is 5.91 Å². The molecule has 2 N–H and O–H groups in total. The fourth-order valence-electron chi connectivity index (χ4n) is 6.17. The Labute approximate surface area is 265 Å². The number of hydrogen-bond acceptors (Lipinski definition) is 7. The maximum atomic E-state index is 13.6. The first-order chi connectivity index (χ1) is 20.1. The van der Waals surface area contributed by atoms with E-state index in [0.717, 1.165) is 54.0 Å². The van der Waals surface area contributed by atoms with Gasteiger partial charge in [0.05, 0.1) is 10.9 Å². The quantitative estimate of drug-likeness (QED) is 0.298. The molecule has 2 saturated heterocycles. The minimum Gasteiger partial charge on any atom is -0.353 e. The van der Waals surface area contributed by atoms with Crippen molar-refractivity contribution >= 4 is 70.3 Å². The van der Waals surface area contributed by atoms with Crippen LogP contribution in [0.3, 0.4) is 0 Å². The van der Waals surface area contributed by atoms with E-state index in [4.69, 9.17) is 16.6 Å². The first kappa shape index (κ1) is 30.8. The molecule has 2 fully saturated rings. The van der Waals surface area contributed by atoms with Gasteiger partial charge >= 0.3 is 5.69 Å². The van der Waals surface area contributed by atoms with Crippen LogP contribution in [-0.2, 0) is 11.3 Å². The number of aromatic nitrogens is 6. The number of carbonyl (C=O) groups is 1. The molecule has 2 aliphatic heterocycles. The molecule has 7 rings (SSSR count). The zero-order valence-electron chi connectivity index (χ0n) is 23.3. The Balaban J connectivity index is 0.00000184. The van der Waals surface area contributed by atoms with E-state index in [0.29, 0.717) is 42.2 Å². The summed E-state index contributed by atoms with van der Waals surface area (Å²) in [6.45, 7) is 4.72. The smallest absolute Gasteiger partial charge is 0.327 e. The molecule has 0 bridgehead atoms. The first-order valence-electron chi connectivity index (χ1n) is 14.0. The normalized spacial score (nSPS) is 15.8. The number of hydrogen-bond donors (Lipinski definition) is 2. The molecular formula is C29H32Cl3N9O2. The Morgan fingerprint density at radius 3 is 2.49 bits per heavy atom. The molecule has 2 aliphatic rings. The number of aromatic amines is 1. The Morgan fingerprint density at radius 1 is 0.953 bits per heavy atom. The van der Waals surface area contributed by atoms with Crippen molar-refractivity contribution in [1.82, 2.24) is 39.3 Å². The second kappa shape index (κ2) is 12.9. The number of carbonyl (C=O) groups excluding carboxylic acids is 1. The number of halogens is 3. The standard InChI is InChI=1S/C29H30ClN9O2.2ClH/c30-22-5-2-1-4-20(22)21-16-38(28-25(21)27(33-18-34-28)37-14-10-31-11-15-37)17-24(40)36-12-7-19(8-13-36)39-23-6-3-9-32-26(23)35-29(39)41;;/h1-6,9,16,18-19,31H,7-8,10-15,17H2,(H,32,35,41);2*1H. The maximum absolute atomic E-state index is 13.6. The molecule has 4 aromatic heterocycles. The Hall–Kier alpha value is -3.64. The van der Waals surface area contributed by atoms with Crippen molar-refractivity contribution in [2.75, 3.05) is 44.2 Å². The largest absolute Gasteiger partial charge is 0.353 e. The lowest BCUT2D eigenvalue weighted by molar-refractivity contribution is -0.133. The molecule has 1 amide bonds. The van der Waals surface area contributed by atoms with Gasteiger partial charge in [-0.15, -0.1) is 24.8 Å². The lowest BCUT2D eigenvalue weighted by Gasteiger charge is -2.32. The molecule has 1 aromatic carbocycles. The van der Waals surface area contributed by atoms with Gasteiger partial charge in [0.1, 0.15) is 24.3 Å². The van der Waals surface area contributed by atoms with Crippen LogP contribution < -0.4 is 15.9 Å². The van der Waals surface area contributed by atoms with Gasteiger partial charge in [-0.3, -0.25) is 14.3 Å². The summed E-state index contributed by atoms with van der Waals surface area (Å²) in [6, 6.07) is 11.5. The number of nitrogens with one attached hydrogen (secondary N) is 2. The molecule has 0 aliphatic carbocycles. The van der Waals surface area contributed by atoms with Crippen LogP contribution >= 0.6 is 36.4 Å². The number of pyridine rings is 1. The molecule has 43 heavy (non-hydrogen) atoms. The molecule has 5 aromatic rings. The third-order valence-electron chi connectivity index (χ3n) is 8.19. The predicted molar refractivity (Wildman–Crippen MR) is 173 cm³/mol. The Kier molecular flexibility index (Phi) is 9.26. The second-order valence-corrected chi connectivity index (χ2v) is 11.0. The molecule has 226 valence electrons. The zero-order valence-corrected chi connectivity index (χ0v) is 25.7. The summed E-state index contributed by atoms with van der Waals surface area (Å²) in [7, 11) is 0. The molecule has 0 atom stereocenters. The number of nitrogens with zero attached hydrogens (tertiary/aromatic N) is 7. The van der Waals surface area contributed by atoms with Crippen LogP contribution in [-0.4, -0.2) is 79.1 Å². The highest BCUT2D eigenvalue weighted by atomic mass is 35.5. The third kappa shape index (κ3) is 5.70. The molecule has 0 radical (unpaired) electrons. The van der Waals surface area contributed by atoms with E-state index in [-0.39, 0.29) is 49.0 Å². The van der Waals surface area contributed by atoms with Crippen LogP contribution in [0.2, 0.25) is 5.02 Å². The van der Waals surface area contributed by atoms with Crippen LogP contribution in [0.25, 0.3) is 33.3 Å². The van der Waals surface area contributed by atoms with Gasteiger partial charge in [-0.05, 0) is 31.0 Å². The number of rotatable bonds is 5. The monoisotopic (exact) mass is 643 g/mol. The van der Waals surface area contributed by atoms with E-state index >= 15 is 0 Å².